The highest BCUT2D eigenvalue weighted by Gasteiger charge is 2.23. The molecule has 1 aromatic carbocycles. The fourth-order valence-corrected chi connectivity index (χ4v) is 3.61. The summed E-state index contributed by atoms with van der Waals surface area (Å²) in [6.45, 7) is 3.00. The molecule has 0 aliphatic carbocycles. The molecule has 1 aromatic heterocycles. The monoisotopic (exact) mass is 427 g/mol. The maximum Gasteiger partial charge on any atom is 0.255 e. The standard InChI is InChI=1S/C16H15ClIN3O/c17-12-4-5-13(14(18)11-12)16(22)21-9-7-20(8-10-21)15-3-1-2-6-19-15/h1-6,11H,7-10H2. The zero-order chi connectivity index (χ0) is 15.5. The summed E-state index contributed by atoms with van der Waals surface area (Å²) in [5.74, 6) is 1.04. The predicted molar refractivity (Wildman–Crippen MR) is 96.5 cm³/mol. The zero-order valence-electron chi connectivity index (χ0n) is 11.9. The Balaban J connectivity index is 1.67. The zero-order valence-corrected chi connectivity index (χ0v) is 14.8. The smallest absolute Gasteiger partial charge is 0.255 e. The van der Waals surface area contributed by atoms with Gasteiger partial charge in [-0.05, 0) is 52.9 Å². The van der Waals surface area contributed by atoms with Crippen LogP contribution in [0.4, 0.5) is 5.82 Å². The maximum atomic E-state index is 12.6. The van der Waals surface area contributed by atoms with Crippen LogP contribution in [0.15, 0.2) is 42.6 Å². The molecule has 4 nitrogen and oxygen atoms in total. The Morgan fingerprint density at radius 2 is 1.91 bits per heavy atom. The first-order valence-electron chi connectivity index (χ1n) is 7.05. The number of piperazine rings is 1. The van der Waals surface area contributed by atoms with Crippen LogP contribution in [0.25, 0.3) is 0 Å². The minimum absolute atomic E-state index is 0.0711. The third-order valence-electron chi connectivity index (χ3n) is 3.70. The van der Waals surface area contributed by atoms with Crippen molar-refractivity contribution in [1.29, 1.82) is 0 Å². The number of aromatic nitrogens is 1. The van der Waals surface area contributed by atoms with Gasteiger partial charge in [0.1, 0.15) is 5.82 Å². The predicted octanol–water partition coefficient (Wildman–Crippen LogP) is 3.30. The van der Waals surface area contributed by atoms with E-state index in [0.29, 0.717) is 18.1 Å². The van der Waals surface area contributed by atoms with Gasteiger partial charge in [0.05, 0.1) is 5.56 Å². The fraction of sp³-hybridized carbons (Fsp3) is 0.250. The summed E-state index contributed by atoms with van der Waals surface area (Å²) < 4.78 is 0.891. The molecule has 0 radical (unpaired) electrons. The van der Waals surface area contributed by atoms with Crippen LogP contribution >= 0.6 is 34.2 Å². The molecule has 0 N–H and O–H groups in total. The summed E-state index contributed by atoms with van der Waals surface area (Å²) in [5, 5.41) is 0.654. The Morgan fingerprint density at radius 1 is 1.14 bits per heavy atom. The van der Waals surface area contributed by atoms with Gasteiger partial charge in [-0.15, -0.1) is 0 Å². The Hall–Kier alpha value is -1.34. The van der Waals surface area contributed by atoms with Gasteiger partial charge in [0.25, 0.3) is 5.91 Å². The number of rotatable bonds is 2. The van der Waals surface area contributed by atoms with Crippen LogP contribution in [0.3, 0.4) is 0 Å². The molecule has 1 amide bonds. The fourth-order valence-electron chi connectivity index (χ4n) is 2.51. The van der Waals surface area contributed by atoms with Crippen molar-refractivity contribution < 1.29 is 4.79 Å². The number of pyridine rings is 1. The molecule has 0 atom stereocenters. The van der Waals surface area contributed by atoms with Crippen molar-refractivity contribution in [2.75, 3.05) is 31.1 Å². The minimum Gasteiger partial charge on any atom is -0.353 e. The molecule has 3 rings (SSSR count). The maximum absolute atomic E-state index is 12.6. The molecular weight excluding hydrogens is 413 g/mol. The van der Waals surface area contributed by atoms with Gasteiger partial charge in [0.15, 0.2) is 0 Å². The Morgan fingerprint density at radius 3 is 2.55 bits per heavy atom. The highest BCUT2D eigenvalue weighted by atomic mass is 127. The van der Waals surface area contributed by atoms with Crippen molar-refractivity contribution in [3.8, 4) is 0 Å². The number of carbonyl (C=O) groups is 1. The first-order valence-corrected chi connectivity index (χ1v) is 8.51. The Kier molecular flexibility index (Phi) is 4.83. The Labute approximate surface area is 148 Å². The van der Waals surface area contributed by atoms with E-state index in [1.807, 2.05) is 29.2 Å². The van der Waals surface area contributed by atoms with Crippen LogP contribution in [-0.4, -0.2) is 42.0 Å². The van der Waals surface area contributed by atoms with Gasteiger partial charge in [0.2, 0.25) is 0 Å². The van der Waals surface area contributed by atoms with Gasteiger partial charge in [-0.25, -0.2) is 4.98 Å². The molecule has 1 aliphatic rings. The number of hydrogen-bond donors (Lipinski definition) is 0. The average molecular weight is 428 g/mol. The molecule has 114 valence electrons. The lowest BCUT2D eigenvalue weighted by Crippen LogP contribution is -2.49. The van der Waals surface area contributed by atoms with E-state index in [0.717, 1.165) is 28.0 Å². The van der Waals surface area contributed by atoms with Gasteiger partial charge in [-0.1, -0.05) is 17.7 Å². The number of amides is 1. The lowest BCUT2D eigenvalue weighted by molar-refractivity contribution is 0.0745. The summed E-state index contributed by atoms with van der Waals surface area (Å²) in [5.41, 5.74) is 0.719. The number of carbonyl (C=O) groups excluding carboxylic acids is 1. The van der Waals surface area contributed by atoms with Crippen molar-refractivity contribution in [2.45, 2.75) is 0 Å². The van der Waals surface area contributed by atoms with Crippen molar-refractivity contribution in [1.82, 2.24) is 9.88 Å². The van der Waals surface area contributed by atoms with E-state index in [4.69, 9.17) is 11.6 Å². The van der Waals surface area contributed by atoms with Crippen LogP contribution < -0.4 is 4.90 Å². The Bertz CT molecular complexity index is 672. The molecule has 1 fully saturated rings. The van der Waals surface area contributed by atoms with E-state index in [1.165, 1.54) is 0 Å². The van der Waals surface area contributed by atoms with E-state index in [9.17, 15) is 4.79 Å². The van der Waals surface area contributed by atoms with Crippen molar-refractivity contribution in [3.63, 3.8) is 0 Å². The normalized spacial score (nSPS) is 15.0. The largest absolute Gasteiger partial charge is 0.353 e. The highest BCUT2D eigenvalue weighted by molar-refractivity contribution is 14.1. The van der Waals surface area contributed by atoms with Crippen LogP contribution in [0.5, 0.6) is 0 Å². The van der Waals surface area contributed by atoms with Crippen molar-refractivity contribution in [2.24, 2.45) is 0 Å². The molecule has 22 heavy (non-hydrogen) atoms. The topological polar surface area (TPSA) is 36.4 Å². The van der Waals surface area contributed by atoms with Crippen LogP contribution in [0.1, 0.15) is 10.4 Å². The molecule has 0 spiro atoms. The van der Waals surface area contributed by atoms with Gasteiger partial charge >= 0.3 is 0 Å². The molecule has 0 saturated carbocycles. The summed E-state index contributed by atoms with van der Waals surface area (Å²) in [6.07, 6.45) is 1.79. The molecule has 6 heteroatoms. The third-order valence-corrected chi connectivity index (χ3v) is 4.83. The van der Waals surface area contributed by atoms with E-state index in [1.54, 1.807) is 18.3 Å². The average Bonchev–Trinajstić information content (AvgIpc) is 2.55. The minimum atomic E-state index is 0.0711. The first kappa shape index (κ1) is 15.6. The van der Waals surface area contributed by atoms with Gasteiger partial charge < -0.3 is 9.80 Å². The number of hydrogen-bond acceptors (Lipinski definition) is 3. The second-order valence-electron chi connectivity index (χ2n) is 5.09. The summed E-state index contributed by atoms with van der Waals surface area (Å²) in [4.78, 5) is 21.1. The second-order valence-corrected chi connectivity index (χ2v) is 6.69. The summed E-state index contributed by atoms with van der Waals surface area (Å²) in [7, 11) is 0. The third kappa shape index (κ3) is 3.35. The molecular formula is C16H15ClIN3O. The number of nitrogens with zero attached hydrogens (tertiary/aromatic N) is 3. The van der Waals surface area contributed by atoms with E-state index < -0.39 is 0 Å². The van der Waals surface area contributed by atoms with Gasteiger partial charge in [0, 0.05) is 41.0 Å². The highest BCUT2D eigenvalue weighted by Crippen LogP contribution is 2.21. The van der Waals surface area contributed by atoms with E-state index in [-0.39, 0.29) is 5.91 Å². The number of halogens is 2. The summed E-state index contributed by atoms with van der Waals surface area (Å²) in [6, 6.07) is 11.3. The van der Waals surface area contributed by atoms with Gasteiger partial charge in [-0.2, -0.15) is 0 Å². The van der Waals surface area contributed by atoms with Crippen LogP contribution in [-0.2, 0) is 0 Å². The van der Waals surface area contributed by atoms with E-state index >= 15 is 0 Å². The molecule has 2 heterocycles. The SMILES string of the molecule is O=C(c1ccc(Cl)cc1I)N1CCN(c2ccccn2)CC1. The van der Waals surface area contributed by atoms with Crippen molar-refractivity contribution in [3.05, 3.63) is 56.8 Å². The van der Waals surface area contributed by atoms with Crippen molar-refractivity contribution >= 4 is 45.9 Å². The number of benzene rings is 1. The lowest BCUT2D eigenvalue weighted by Gasteiger charge is -2.35. The first-order chi connectivity index (χ1) is 10.6. The van der Waals surface area contributed by atoms with Crippen LogP contribution in [0.2, 0.25) is 5.02 Å². The molecule has 0 unspecified atom stereocenters. The van der Waals surface area contributed by atoms with E-state index in [2.05, 4.69) is 32.5 Å². The summed E-state index contributed by atoms with van der Waals surface area (Å²) >= 11 is 8.11. The number of anilines is 1. The molecule has 2 aromatic rings. The molecule has 0 bridgehead atoms. The molecule has 1 saturated heterocycles. The lowest BCUT2D eigenvalue weighted by atomic mass is 10.2. The van der Waals surface area contributed by atoms with Crippen LogP contribution in [0, 0.1) is 3.57 Å². The molecule has 1 aliphatic heterocycles. The second kappa shape index (κ2) is 6.83. The quantitative estimate of drug-likeness (QED) is 0.690. The van der Waals surface area contributed by atoms with Gasteiger partial charge in [-0.3, -0.25) is 4.79 Å².